The third kappa shape index (κ3) is 1.21. The third-order valence-electron chi connectivity index (χ3n) is 2.39. The summed E-state index contributed by atoms with van der Waals surface area (Å²) in [6.07, 6.45) is 8.52. The molecule has 2 bridgehead atoms. The van der Waals surface area contributed by atoms with E-state index in [1.54, 1.807) is 7.11 Å². The standard InChI is InChI=1S/C8H11O.Pd/c1-9-8-5-6-2-3-7(8)4-6;/h2,6-8H,4-5H2,1H3;/q-1;. The van der Waals surface area contributed by atoms with Crippen LogP contribution in [0, 0.1) is 17.9 Å². The summed E-state index contributed by atoms with van der Waals surface area (Å²) in [4.78, 5) is 0. The number of methoxy groups -OCH3 is 1. The monoisotopic (exact) mass is 229 g/mol. The smallest absolute Gasteiger partial charge is 0.0357 e. The fraction of sp³-hybridized carbons (Fsp3) is 0.750. The number of rotatable bonds is 1. The van der Waals surface area contributed by atoms with Gasteiger partial charge < -0.3 is 10.8 Å². The summed E-state index contributed by atoms with van der Waals surface area (Å²) >= 11 is 0. The van der Waals surface area contributed by atoms with E-state index in [1.807, 2.05) is 0 Å². The Kier molecular flexibility index (Phi) is 2.68. The quantitative estimate of drug-likeness (QED) is 0.488. The van der Waals surface area contributed by atoms with Crippen LogP contribution < -0.4 is 0 Å². The summed E-state index contributed by atoms with van der Waals surface area (Å²) in [6, 6.07) is 0. The van der Waals surface area contributed by atoms with E-state index in [2.05, 4.69) is 12.2 Å². The fourth-order valence-corrected chi connectivity index (χ4v) is 1.87. The van der Waals surface area contributed by atoms with Crippen molar-refractivity contribution in [1.82, 2.24) is 0 Å². The molecule has 2 aliphatic carbocycles. The number of hydrogen-bond donors (Lipinski definition) is 0. The first kappa shape index (κ1) is 8.46. The van der Waals surface area contributed by atoms with Crippen LogP contribution in [0.25, 0.3) is 0 Å². The molecule has 3 unspecified atom stereocenters. The van der Waals surface area contributed by atoms with Gasteiger partial charge in [-0.25, -0.2) is 0 Å². The van der Waals surface area contributed by atoms with E-state index in [0.29, 0.717) is 12.0 Å². The summed E-state index contributed by atoms with van der Waals surface area (Å²) in [5, 5.41) is 0. The maximum Gasteiger partial charge on any atom is 0.0357 e. The van der Waals surface area contributed by atoms with E-state index < -0.39 is 0 Å². The van der Waals surface area contributed by atoms with Gasteiger partial charge in [-0.3, -0.25) is 6.08 Å². The molecule has 1 nitrogen and oxygen atoms in total. The van der Waals surface area contributed by atoms with Gasteiger partial charge >= 0.3 is 0 Å². The summed E-state index contributed by atoms with van der Waals surface area (Å²) < 4.78 is 5.26. The average molecular weight is 230 g/mol. The van der Waals surface area contributed by atoms with Gasteiger partial charge in [-0.1, -0.05) is 12.3 Å². The van der Waals surface area contributed by atoms with Gasteiger partial charge in [0.15, 0.2) is 0 Å². The Hall–Kier alpha value is 0.362. The van der Waals surface area contributed by atoms with Crippen LogP contribution in [0.1, 0.15) is 12.8 Å². The number of fused-ring (bicyclic) bond motifs is 2. The number of ether oxygens (including phenoxy) is 1. The first-order chi connectivity index (χ1) is 4.40. The van der Waals surface area contributed by atoms with Gasteiger partial charge in [-0.15, -0.1) is 5.92 Å². The largest absolute Gasteiger partial charge is 0.495 e. The summed E-state index contributed by atoms with van der Waals surface area (Å²) in [6.45, 7) is 0. The molecular formula is C8H11OPd-. The SMILES string of the molecule is COC1CC2C=[C-]C1C2.[Pd]. The topological polar surface area (TPSA) is 9.23 Å². The van der Waals surface area contributed by atoms with Crippen LogP contribution in [0.4, 0.5) is 0 Å². The Morgan fingerprint density at radius 3 is 2.60 bits per heavy atom. The van der Waals surface area contributed by atoms with Crippen molar-refractivity contribution in [3.05, 3.63) is 12.2 Å². The third-order valence-corrected chi connectivity index (χ3v) is 2.39. The van der Waals surface area contributed by atoms with E-state index in [4.69, 9.17) is 4.74 Å². The summed E-state index contributed by atoms with van der Waals surface area (Å²) in [5.74, 6) is 1.42. The van der Waals surface area contributed by atoms with Crippen LogP contribution in [0.5, 0.6) is 0 Å². The Labute approximate surface area is 75.5 Å². The van der Waals surface area contributed by atoms with Gasteiger partial charge in [0.2, 0.25) is 0 Å². The molecule has 0 aromatic rings. The second-order valence-electron chi connectivity index (χ2n) is 2.95. The maximum absolute atomic E-state index is 5.26. The van der Waals surface area contributed by atoms with Crippen molar-refractivity contribution in [3.8, 4) is 0 Å². The van der Waals surface area contributed by atoms with Crippen molar-refractivity contribution in [2.24, 2.45) is 11.8 Å². The minimum absolute atomic E-state index is 0. The zero-order chi connectivity index (χ0) is 6.27. The van der Waals surface area contributed by atoms with Gasteiger partial charge in [-0.2, -0.15) is 0 Å². The summed E-state index contributed by atoms with van der Waals surface area (Å²) in [7, 11) is 1.80. The minimum Gasteiger partial charge on any atom is -0.495 e. The van der Waals surface area contributed by atoms with E-state index in [9.17, 15) is 0 Å². The molecule has 0 N–H and O–H groups in total. The molecule has 0 spiro atoms. The van der Waals surface area contributed by atoms with Crippen LogP contribution in [0.15, 0.2) is 6.08 Å². The van der Waals surface area contributed by atoms with Crippen LogP contribution in [-0.2, 0) is 25.2 Å². The Bertz CT molecular complexity index is 144. The molecule has 0 amide bonds. The molecule has 1 fully saturated rings. The van der Waals surface area contributed by atoms with E-state index in [-0.39, 0.29) is 20.4 Å². The second-order valence-corrected chi connectivity index (χ2v) is 2.95. The Balaban J connectivity index is 0.000000500. The van der Waals surface area contributed by atoms with Crippen molar-refractivity contribution in [2.45, 2.75) is 18.9 Å². The van der Waals surface area contributed by atoms with E-state index >= 15 is 0 Å². The van der Waals surface area contributed by atoms with Gasteiger partial charge in [0.05, 0.1) is 0 Å². The molecule has 2 rings (SSSR count). The molecule has 0 saturated heterocycles. The van der Waals surface area contributed by atoms with Crippen molar-refractivity contribution in [3.63, 3.8) is 0 Å². The molecule has 0 heterocycles. The normalized spacial score (nSPS) is 41.9. The number of hydrogen-bond acceptors (Lipinski definition) is 1. The molecule has 2 aliphatic rings. The van der Waals surface area contributed by atoms with Crippen LogP contribution in [0.2, 0.25) is 0 Å². The fourth-order valence-electron chi connectivity index (χ4n) is 1.87. The molecule has 0 aromatic carbocycles. The van der Waals surface area contributed by atoms with Crippen molar-refractivity contribution in [1.29, 1.82) is 0 Å². The van der Waals surface area contributed by atoms with E-state index in [1.165, 1.54) is 12.8 Å². The first-order valence-electron chi connectivity index (χ1n) is 3.52. The van der Waals surface area contributed by atoms with Gasteiger partial charge in [-0.05, 0) is 6.42 Å². The Morgan fingerprint density at radius 1 is 1.50 bits per heavy atom. The summed E-state index contributed by atoms with van der Waals surface area (Å²) in [5.41, 5.74) is 0. The molecule has 0 aliphatic heterocycles. The van der Waals surface area contributed by atoms with E-state index in [0.717, 1.165) is 5.92 Å². The van der Waals surface area contributed by atoms with Crippen LogP contribution in [-0.4, -0.2) is 13.2 Å². The first-order valence-corrected chi connectivity index (χ1v) is 3.52. The molecular weight excluding hydrogens is 219 g/mol. The average Bonchev–Trinajstić information content (AvgIpc) is 2.45. The molecule has 1 saturated carbocycles. The van der Waals surface area contributed by atoms with Crippen molar-refractivity contribution < 1.29 is 25.2 Å². The molecule has 10 heavy (non-hydrogen) atoms. The van der Waals surface area contributed by atoms with Gasteiger partial charge in [0.25, 0.3) is 0 Å². The zero-order valence-electron chi connectivity index (χ0n) is 5.95. The van der Waals surface area contributed by atoms with Crippen molar-refractivity contribution in [2.75, 3.05) is 7.11 Å². The van der Waals surface area contributed by atoms with Crippen LogP contribution in [0.3, 0.4) is 0 Å². The predicted molar refractivity (Wildman–Crippen MR) is 34.8 cm³/mol. The molecule has 3 atom stereocenters. The maximum atomic E-state index is 5.26. The molecule has 0 aromatic heterocycles. The molecule has 0 radical (unpaired) electrons. The van der Waals surface area contributed by atoms with Crippen molar-refractivity contribution >= 4 is 0 Å². The van der Waals surface area contributed by atoms with Gasteiger partial charge in [0.1, 0.15) is 0 Å². The van der Waals surface area contributed by atoms with Gasteiger partial charge in [0, 0.05) is 33.6 Å². The second kappa shape index (κ2) is 3.17. The molecule has 2 heteroatoms. The molecule has 60 valence electrons. The zero-order valence-corrected chi connectivity index (χ0v) is 7.50. The van der Waals surface area contributed by atoms with Crippen LogP contribution >= 0.6 is 0 Å². The number of allylic oxidation sites excluding steroid dienone is 1. The minimum atomic E-state index is 0. The Morgan fingerprint density at radius 2 is 2.30 bits per heavy atom. The predicted octanol–water partition coefficient (Wildman–Crippen LogP) is 1.40.